The van der Waals surface area contributed by atoms with E-state index in [0.29, 0.717) is 11.5 Å². The van der Waals surface area contributed by atoms with Crippen molar-refractivity contribution in [3.05, 3.63) is 42.5 Å². The molecule has 3 rings (SSSR count). The predicted molar refractivity (Wildman–Crippen MR) is 82.4 cm³/mol. The van der Waals surface area contributed by atoms with Gasteiger partial charge < -0.3 is 14.5 Å². The number of fused-ring (bicyclic) bond motifs is 1. The molecule has 0 aliphatic heterocycles. The number of aromatic nitrogens is 2. The molecule has 0 aliphatic carbocycles. The largest absolute Gasteiger partial charge is 0.493 e. The monoisotopic (exact) mass is 278 g/mol. The Bertz CT molecular complexity index is 782. The van der Waals surface area contributed by atoms with E-state index in [0.717, 1.165) is 22.4 Å². The molecule has 4 heteroatoms. The van der Waals surface area contributed by atoms with E-state index in [1.165, 1.54) is 0 Å². The van der Waals surface area contributed by atoms with Crippen LogP contribution in [0.2, 0.25) is 0 Å². The van der Waals surface area contributed by atoms with Gasteiger partial charge in [0, 0.05) is 0 Å². The van der Waals surface area contributed by atoms with E-state index < -0.39 is 0 Å². The number of para-hydroxylation sites is 3. The number of terminal acetylenes is 1. The van der Waals surface area contributed by atoms with Crippen molar-refractivity contribution < 1.29 is 9.47 Å². The average molecular weight is 278 g/mol. The molecule has 1 N–H and O–H groups in total. The Morgan fingerprint density at radius 2 is 2.05 bits per heavy atom. The van der Waals surface area contributed by atoms with Crippen molar-refractivity contribution in [1.82, 2.24) is 9.97 Å². The maximum Gasteiger partial charge on any atom is 0.173 e. The molecule has 0 unspecified atom stereocenters. The molecular formula is C17H14N2O2. The maximum absolute atomic E-state index is 5.64. The summed E-state index contributed by atoms with van der Waals surface area (Å²) in [4.78, 5) is 7.87. The maximum atomic E-state index is 5.64. The molecule has 0 aliphatic rings. The van der Waals surface area contributed by atoms with Gasteiger partial charge in [-0.25, -0.2) is 4.98 Å². The average Bonchev–Trinajstić information content (AvgIpc) is 2.96. The van der Waals surface area contributed by atoms with Crippen LogP contribution in [-0.2, 0) is 0 Å². The molecule has 4 nitrogen and oxygen atoms in total. The first-order chi connectivity index (χ1) is 10.3. The van der Waals surface area contributed by atoms with Crippen LogP contribution in [0.3, 0.4) is 0 Å². The number of nitrogens with one attached hydrogen (secondary N) is 1. The Hall–Kier alpha value is -2.93. The third-order valence-electron chi connectivity index (χ3n) is 3.14. The van der Waals surface area contributed by atoms with Crippen LogP contribution in [0.4, 0.5) is 0 Å². The number of hydrogen-bond donors (Lipinski definition) is 1. The molecule has 2 aromatic carbocycles. The van der Waals surface area contributed by atoms with Gasteiger partial charge in [-0.1, -0.05) is 24.1 Å². The normalized spacial score (nSPS) is 10.3. The van der Waals surface area contributed by atoms with Gasteiger partial charge in [0.05, 0.1) is 23.7 Å². The van der Waals surface area contributed by atoms with Gasteiger partial charge in [-0.05, 0) is 24.3 Å². The number of H-pyrrole nitrogens is 1. The van der Waals surface area contributed by atoms with Crippen molar-refractivity contribution in [1.29, 1.82) is 0 Å². The molecule has 0 saturated heterocycles. The summed E-state index contributed by atoms with van der Waals surface area (Å²) in [6.07, 6.45) is 5.28. The number of ether oxygens (including phenoxy) is 2. The third-order valence-corrected chi connectivity index (χ3v) is 3.14. The minimum atomic E-state index is 0.174. The Morgan fingerprint density at radius 1 is 1.19 bits per heavy atom. The minimum absolute atomic E-state index is 0.174. The van der Waals surface area contributed by atoms with Crippen LogP contribution < -0.4 is 9.47 Å². The molecule has 0 fully saturated rings. The van der Waals surface area contributed by atoms with E-state index >= 15 is 0 Å². The fraction of sp³-hybridized carbons (Fsp3) is 0.118. The van der Waals surface area contributed by atoms with Crippen molar-refractivity contribution in [3.8, 4) is 35.2 Å². The zero-order valence-electron chi connectivity index (χ0n) is 11.6. The highest BCUT2D eigenvalue weighted by atomic mass is 16.5. The summed E-state index contributed by atoms with van der Waals surface area (Å²) in [6, 6.07) is 13.5. The van der Waals surface area contributed by atoms with E-state index in [9.17, 15) is 0 Å². The molecule has 0 saturated carbocycles. The smallest absolute Gasteiger partial charge is 0.173 e. The molecular weight excluding hydrogens is 264 g/mol. The number of methoxy groups -OCH3 is 1. The van der Waals surface area contributed by atoms with Crippen LogP contribution in [0.15, 0.2) is 42.5 Å². The summed E-state index contributed by atoms with van der Waals surface area (Å²) in [5.74, 6) is 4.41. The van der Waals surface area contributed by atoms with Gasteiger partial charge in [0.25, 0.3) is 0 Å². The second-order valence-electron chi connectivity index (χ2n) is 4.43. The first kappa shape index (κ1) is 13.1. The lowest BCUT2D eigenvalue weighted by Crippen LogP contribution is -1.99. The number of nitrogens with zero attached hydrogens (tertiary/aromatic N) is 1. The van der Waals surface area contributed by atoms with E-state index in [4.69, 9.17) is 15.9 Å². The van der Waals surface area contributed by atoms with E-state index in [2.05, 4.69) is 15.9 Å². The molecule has 0 bridgehead atoms. The molecule has 0 radical (unpaired) electrons. The standard InChI is InChI=1S/C17H14N2O2/c1-3-11-21-16-12(7-6-10-15(16)20-2)17-18-13-8-4-5-9-14(13)19-17/h1,4-10H,11H2,2H3,(H,18,19). The summed E-state index contributed by atoms with van der Waals surface area (Å²) in [5.41, 5.74) is 2.69. The van der Waals surface area contributed by atoms with Crippen molar-refractivity contribution in [2.45, 2.75) is 0 Å². The molecule has 21 heavy (non-hydrogen) atoms. The van der Waals surface area contributed by atoms with Crippen LogP contribution in [0.25, 0.3) is 22.4 Å². The van der Waals surface area contributed by atoms with Crippen LogP contribution in [0, 0.1) is 12.3 Å². The van der Waals surface area contributed by atoms with Crippen molar-refractivity contribution in [2.24, 2.45) is 0 Å². The second kappa shape index (κ2) is 5.59. The molecule has 0 atom stereocenters. The molecule has 3 aromatic rings. The lowest BCUT2D eigenvalue weighted by Gasteiger charge is -2.12. The van der Waals surface area contributed by atoms with Gasteiger partial charge in [-0.3, -0.25) is 0 Å². The van der Waals surface area contributed by atoms with Crippen LogP contribution in [0.5, 0.6) is 11.5 Å². The fourth-order valence-electron chi connectivity index (χ4n) is 2.21. The van der Waals surface area contributed by atoms with Gasteiger partial charge in [0.2, 0.25) is 0 Å². The van der Waals surface area contributed by atoms with Gasteiger partial charge >= 0.3 is 0 Å². The minimum Gasteiger partial charge on any atom is -0.493 e. The van der Waals surface area contributed by atoms with Crippen molar-refractivity contribution in [2.75, 3.05) is 13.7 Å². The van der Waals surface area contributed by atoms with E-state index in [1.807, 2.05) is 42.5 Å². The lowest BCUT2D eigenvalue weighted by atomic mass is 10.1. The van der Waals surface area contributed by atoms with Gasteiger partial charge in [0.15, 0.2) is 11.5 Å². The Kier molecular flexibility index (Phi) is 3.48. The Balaban J connectivity index is 2.14. The summed E-state index contributed by atoms with van der Waals surface area (Å²) in [6.45, 7) is 0.174. The zero-order chi connectivity index (χ0) is 14.7. The van der Waals surface area contributed by atoms with E-state index in [-0.39, 0.29) is 6.61 Å². The second-order valence-corrected chi connectivity index (χ2v) is 4.43. The lowest BCUT2D eigenvalue weighted by molar-refractivity contribution is 0.332. The highest BCUT2D eigenvalue weighted by Gasteiger charge is 2.15. The summed E-state index contributed by atoms with van der Waals surface area (Å²) in [5, 5.41) is 0. The van der Waals surface area contributed by atoms with Gasteiger partial charge in [-0.2, -0.15) is 0 Å². The highest BCUT2D eigenvalue weighted by molar-refractivity contribution is 5.81. The van der Waals surface area contributed by atoms with Gasteiger partial charge in [0.1, 0.15) is 12.4 Å². The zero-order valence-corrected chi connectivity index (χ0v) is 11.6. The first-order valence-corrected chi connectivity index (χ1v) is 6.52. The van der Waals surface area contributed by atoms with E-state index in [1.54, 1.807) is 7.11 Å². The van der Waals surface area contributed by atoms with Crippen molar-refractivity contribution >= 4 is 11.0 Å². The number of rotatable bonds is 4. The van der Waals surface area contributed by atoms with Crippen molar-refractivity contribution in [3.63, 3.8) is 0 Å². The molecule has 1 aromatic heterocycles. The third kappa shape index (κ3) is 2.41. The molecule has 0 spiro atoms. The quantitative estimate of drug-likeness (QED) is 0.745. The SMILES string of the molecule is C#CCOc1c(OC)cccc1-c1nc2ccccc2[nH]1. The number of benzene rings is 2. The summed E-state index contributed by atoms with van der Waals surface area (Å²) in [7, 11) is 1.60. The topological polar surface area (TPSA) is 47.1 Å². The van der Waals surface area contributed by atoms with Crippen LogP contribution in [0.1, 0.15) is 0 Å². The molecule has 104 valence electrons. The fourth-order valence-corrected chi connectivity index (χ4v) is 2.21. The first-order valence-electron chi connectivity index (χ1n) is 6.52. The Labute approximate surface area is 122 Å². The Morgan fingerprint density at radius 3 is 2.81 bits per heavy atom. The van der Waals surface area contributed by atoms with Crippen LogP contribution in [-0.4, -0.2) is 23.7 Å². The van der Waals surface area contributed by atoms with Crippen LogP contribution >= 0.6 is 0 Å². The molecule has 0 amide bonds. The number of imidazole rings is 1. The number of hydrogen-bond acceptors (Lipinski definition) is 3. The highest BCUT2D eigenvalue weighted by Crippen LogP contribution is 2.37. The van der Waals surface area contributed by atoms with Gasteiger partial charge in [-0.15, -0.1) is 6.42 Å². The summed E-state index contributed by atoms with van der Waals surface area (Å²) < 4.78 is 11.0. The molecule has 1 heterocycles. The summed E-state index contributed by atoms with van der Waals surface area (Å²) >= 11 is 0. The number of aromatic amines is 1. The predicted octanol–water partition coefficient (Wildman–Crippen LogP) is 3.25.